The number of hydrogen-bond donors (Lipinski definition) is 1. The highest BCUT2D eigenvalue weighted by Gasteiger charge is 2.17. The number of hydrogen-bond acceptors (Lipinski definition) is 6. The number of rotatable bonds is 7. The van der Waals surface area contributed by atoms with E-state index in [1.807, 2.05) is 0 Å². The van der Waals surface area contributed by atoms with Gasteiger partial charge in [-0.15, -0.1) is 0 Å². The first kappa shape index (κ1) is 16.8. The van der Waals surface area contributed by atoms with Crippen molar-refractivity contribution in [3.63, 3.8) is 0 Å². The number of carbonyl (C=O) groups is 1. The Kier molecular flexibility index (Phi) is 5.58. The molecule has 0 aliphatic rings. The van der Waals surface area contributed by atoms with E-state index in [4.69, 9.17) is 4.52 Å². The van der Waals surface area contributed by atoms with E-state index in [1.165, 1.54) is 6.07 Å². The molecule has 1 N–H and O–H groups in total. The van der Waals surface area contributed by atoms with Crippen LogP contribution in [-0.4, -0.2) is 48.2 Å². The van der Waals surface area contributed by atoms with Crippen LogP contribution in [0.15, 0.2) is 28.8 Å². The maximum Gasteiger partial charge on any atom is 0.387 e. The van der Waals surface area contributed by atoms with Crippen molar-refractivity contribution in [2.75, 3.05) is 20.6 Å². The van der Waals surface area contributed by atoms with Crippen molar-refractivity contribution < 1.29 is 22.8 Å². The lowest BCUT2D eigenvalue weighted by molar-refractivity contribution is -0.121. The Morgan fingerprint density at radius 1 is 1.43 bits per heavy atom. The van der Waals surface area contributed by atoms with Crippen molar-refractivity contribution in [1.82, 2.24) is 20.4 Å². The number of para-hydroxylation sites is 1. The number of amides is 1. The zero-order chi connectivity index (χ0) is 16.8. The van der Waals surface area contributed by atoms with Gasteiger partial charge in [0.05, 0.1) is 18.7 Å². The summed E-state index contributed by atoms with van der Waals surface area (Å²) in [7, 11) is 3.26. The van der Waals surface area contributed by atoms with Crippen LogP contribution in [0.5, 0.6) is 5.75 Å². The van der Waals surface area contributed by atoms with Gasteiger partial charge in [-0.1, -0.05) is 17.3 Å². The molecule has 0 radical (unpaired) electrons. The van der Waals surface area contributed by atoms with Crippen molar-refractivity contribution in [2.24, 2.45) is 0 Å². The van der Waals surface area contributed by atoms with E-state index in [2.05, 4.69) is 20.2 Å². The van der Waals surface area contributed by atoms with Gasteiger partial charge in [0.25, 0.3) is 0 Å². The predicted octanol–water partition coefficient (Wildman–Crippen LogP) is 1.52. The lowest BCUT2D eigenvalue weighted by Crippen LogP contribution is -2.32. The van der Waals surface area contributed by atoms with Crippen LogP contribution in [0.1, 0.15) is 5.89 Å². The molecule has 1 aromatic heterocycles. The van der Waals surface area contributed by atoms with Gasteiger partial charge in [-0.3, -0.25) is 9.69 Å². The number of alkyl halides is 2. The summed E-state index contributed by atoms with van der Waals surface area (Å²) in [6, 6.07) is 6.18. The van der Waals surface area contributed by atoms with Gasteiger partial charge in [-0.25, -0.2) is 0 Å². The third-order valence-corrected chi connectivity index (χ3v) is 2.91. The van der Waals surface area contributed by atoms with Gasteiger partial charge in [-0.05, 0) is 19.2 Å². The van der Waals surface area contributed by atoms with Crippen LogP contribution in [0.3, 0.4) is 0 Å². The summed E-state index contributed by atoms with van der Waals surface area (Å²) in [4.78, 5) is 17.1. The van der Waals surface area contributed by atoms with E-state index in [0.29, 0.717) is 5.56 Å². The predicted molar refractivity (Wildman–Crippen MR) is 76.8 cm³/mol. The average molecular weight is 326 g/mol. The van der Waals surface area contributed by atoms with Gasteiger partial charge >= 0.3 is 6.61 Å². The first-order valence-electron chi connectivity index (χ1n) is 6.75. The molecule has 0 atom stereocenters. The second-order valence-electron chi connectivity index (χ2n) is 4.73. The summed E-state index contributed by atoms with van der Waals surface area (Å²) >= 11 is 0. The Labute approximate surface area is 131 Å². The number of likely N-dealkylation sites (N-methyl/N-ethyl adjacent to an activating group) is 2. The first-order chi connectivity index (χ1) is 11.0. The lowest BCUT2D eigenvalue weighted by Gasteiger charge is -2.12. The van der Waals surface area contributed by atoms with Crippen LogP contribution in [0.2, 0.25) is 0 Å². The minimum absolute atomic E-state index is 0.0337. The van der Waals surface area contributed by atoms with Crippen LogP contribution in [0.4, 0.5) is 8.78 Å². The summed E-state index contributed by atoms with van der Waals surface area (Å²) in [5.41, 5.74) is 0.303. The number of benzene rings is 1. The molecule has 0 fully saturated rings. The highest BCUT2D eigenvalue weighted by molar-refractivity contribution is 5.77. The molecule has 0 aliphatic heterocycles. The molecule has 124 valence electrons. The second-order valence-corrected chi connectivity index (χ2v) is 4.73. The van der Waals surface area contributed by atoms with E-state index in [1.54, 1.807) is 37.2 Å². The van der Waals surface area contributed by atoms with E-state index in [-0.39, 0.29) is 36.5 Å². The Morgan fingerprint density at radius 3 is 2.87 bits per heavy atom. The standard InChI is InChI=1S/C14H16F2N4O3/c1-17-11(21)7-20(2)8-12-18-13(19-23-12)9-5-3-4-6-10(9)22-14(15)16/h3-6,14H,7-8H2,1-2H3,(H,17,21). The fourth-order valence-electron chi connectivity index (χ4n) is 1.89. The van der Waals surface area contributed by atoms with Crippen molar-refractivity contribution in [3.8, 4) is 17.1 Å². The summed E-state index contributed by atoms with van der Waals surface area (Å²) in [5, 5.41) is 6.27. The minimum atomic E-state index is -2.94. The van der Waals surface area contributed by atoms with Crippen LogP contribution in [0.25, 0.3) is 11.4 Å². The summed E-state index contributed by atoms with van der Waals surface area (Å²) in [6.07, 6.45) is 0. The van der Waals surface area contributed by atoms with Gasteiger partial charge in [0, 0.05) is 7.05 Å². The van der Waals surface area contributed by atoms with E-state index < -0.39 is 6.61 Å². The molecule has 0 aliphatic carbocycles. The Hall–Kier alpha value is -2.55. The molecule has 0 saturated carbocycles. The Balaban J connectivity index is 2.12. The third kappa shape index (κ3) is 4.71. The minimum Gasteiger partial charge on any atom is -0.434 e. The Morgan fingerprint density at radius 2 is 2.17 bits per heavy atom. The van der Waals surface area contributed by atoms with Crippen molar-refractivity contribution in [2.45, 2.75) is 13.2 Å². The molecule has 7 nitrogen and oxygen atoms in total. The largest absolute Gasteiger partial charge is 0.434 e. The molecule has 2 rings (SSSR count). The number of aromatic nitrogens is 2. The van der Waals surface area contributed by atoms with Gasteiger partial charge in [0.2, 0.25) is 17.6 Å². The zero-order valence-corrected chi connectivity index (χ0v) is 12.6. The van der Waals surface area contributed by atoms with Crippen molar-refractivity contribution in [1.29, 1.82) is 0 Å². The van der Waals surface area contributed by atoms with Crippen LogP contribution in [-0.2, 0) is 11.3 Å². The first-order valence-corrected chi connectivity index (χ1v) is 6.75. The fraction of sp³-hybridized carbons (Fsp3) is 0.357. The monoisotopic (exact) mass is 326 g/mol. The maximum absolute atomic E-state index is 12.4. The zero-order valence-electron chi connectivity index (χ0n) is 12.6. The molecule has 9 heteroatoms. The van der Waals surface area contributed by atoms with Crippen LogP contribution < -0.4 is 10.1 Å². The van der Waals surface area contributed by atoms with E-state index >= 15 is 0 Å². The maximum atomic E-state index is 12.4. The number of nitrogens with one attached hydrogen (secondary N) is 1. The van der Waals surface area contributed by atoms with E-state index in [9.17, 15) is 13.6 Å². The molecule has 0 unspecified atom stereocenters. The molecule has 2 aromatic rings. The van der Waals surface area contributed by atoms with Crippen LogP contribution >= 0.6 is 0 Å². The quantitative estimate of drug-likeness (QED) is 0.831. The molecule has 23 heavy (non-hydrogen) atoms. The molecule has 1 amide bonds. The number of carbonyl (C=O) groups excluding carboxylic acids is 1. The van der Waals surface area contributed by atoms with Gasteiger partial charge in [-0.2, -0.15) is 13.8 Å². The van der Waals surface area contributed by atoms with Gasteiger partial charge in [0.1, 0.15) is 5.75 Å². The average Bonchev–Trinajstić information content (AvgIpc) is 2.95. The molecule has 0 spiro atoms. The molecule has 0 bridgehead atoms. The molecule has 1 aromatic carbocycles. The fourth-order valence-corrected chi connectivity index (χ4v) is 1.89. The highest BCUT2D eigenvalue weighted by atomic mass is 19.3. The van der Waals surface area contributed by atoms with Crippen molar-refractivity contribution >= 4 is 5.91 Å². The Bertz CT molecular complexity index is 663. The lowest BCUT2D eigenvalue weighted by atomic mass is 10.2. The SMILES string of the molecule is CNC(=O)CN(C)Cc1nc(-c2ccccc2OC(F)F)no1. The normalized spacial score (nSPS) is 11.0. The molecule has 1 heterocycles. The number of ether oxygens (including phenoxy) is 1. The highest BCUT2D eigenvalue weighted by Crippen LogP contribution is 2.28. The molecular weight excluding hydrogens is 310 g/mol. The molecule has 0 saturated heterocycles. The topological polar surface area (TPSA) is 80.5 Å². The number of nitrogens with zero attached hydrogens (tertiary/aromatic N) is 3. The molecular formula is C14H16F2N4O3. The summed E-state index contributed by atoms with van der Waals surface area (Å²) in [5.74, 6) is 0.222. The third-order valence-electron chi connectivity index (χ3n) is 2.91. The van der Waals surface area contributed by atoms with Gasteiger partial charge in [0.15, 0.2) is 0 Å². The van der Waals surface area contributed by atoms with E-state index in [0.717, 1.165) is 0 Å². The van der Waals surface area contributed by atoms with Crippen LogP contribution in [0, 0.1) is 0 Å². The smallest absolute Gasteiger partial charge is 0.387 e. The summed E-state index contributed by atoms with van der Waals surface area (Å²) in [6.45, 7) is -2.53. The van der Waals surface area contributed by atoms with Crippen molar-refractivity contribution in [3.05, 3.63) is 30.2 Å². The van der Waals surface area contributed by atoms with Gasteiger partial charge < -0.3 is 14.6 Å². The summed E-state index contributed by atoms with van der Waals surface area (Å²) < 4.78 is 34.4. The second kappa shape index (κ2) is 7.63. The number of halogens is 2.